The van der Waals surface area contributed by atoms with Crippen LogP contribution in [0.4, 0.5) is 10.8 Å². The van der Waals surface area contributed by atoms with Crippen LogP contribution in [0, 0.1) is 6.92 Å². The topological polar surface area (TPSA) is 55.1 Å². The first-order valence-electron chi connectivity index (χ1n) is 7.59. The van der Waals surface area contributed by atoms with E-state index in [1.54, 1.807) is 11.8 Å². The molecule has 5 nitrogen and oxygen atoms in total. The molecule has 3 aromatic heterocycles. The fourth-order valence-corrected chi connectivity index (χ4v) is 4.19. The Morgan fingerprint density at radius 2 is 2.04 bits per heavy atom. The molecule has 4 rings (SSSR count). The third-order valence-electron chi connectivity index (χ3n) is 3.60. The van der Waals surface area contributed by atoms with Gasteiger partial charge >= 0.3 is 0 Å². The minimum Gasteiger partial charge on any atom is -0.330 e. The van der Waals surface area contributed by atoms with E-state index in [9.17, 15) is 0 Å². The molecule has 0 aliphatic heterocycles. The molecule has 0 bridgehead atoms. The van der Waals surface area contributed by atoms with Gasteiger partial charge in [0.25, 0.3) is 0 Å². The van der Waals surface area contributed by atoms with E-state index in [0.29, 0.717) is 5.02 Å². The van der Waals surface area contributed by atoms with Gasteiger partial charge in [0.2, 0.25) is 5.13 Å². The average Bonchev–Trinajstić information content (AvgIpc) is 3.21. The Balaban J connectivity index is 1.43. The number of rotatable bonds is 5. The molecular weight excluding hydrogens is 374 g/mol. The lowest BCUT2D eigenvalue weighted by Crippen LogP contribution is -1.91. The highest BCUT2D eigenvalue weighted by Gasteiger charge is 2.08. The second kappa shape index (κ2) is 7.03. The predicted octanol–water partition coefficient (Wildman–Crippen LogP) is 5.18. The summed E-state index contributed by atoms with van der Waals surface area (Å²) >= 11 is 9.17. The molecule has 1 N–H and O–H groups in total. The number of nitrogens with zero attached hydrogens (tertiary/aromatic N) is 4. The van der Waals surface area contributed by atoms with Crippen LogP contribution in [0.25, 0.3) is 5.65 Å². The van der Waals surface area contributed by atoms with Gasteiger partial charge in [0.15, 0.2) is 4.34 Å². The SMILES string of the molecule is Cc1ccccc1Nc1nnc(SCc2cn3cc(Cl)ccc3n2)s1. The van der Waals surface area contributed by atoms with Crippen LogP contribution in [0.2, 0.25) is 5.02 Å². The van der Waals surface area contributed by atoms with Crippen molar-refractivity contribution in [1.29, 1.82) is 0 Å². The smallest absolute Gasteiger partial charge is 0.210 e. The number of nitrogens with one attached hydrogen (secondary N) is 1. The van der Waals surface area contributed by atoms with Gasteiger partial charge in [-0.2, -0.15) is 0 Å². The number of para-hydroxylation sites is 1. The normalized spacial score (nSPS) is 11.1. The Bertz CT molecular complexity index is 1030. The lowest BCUT2D eigenvalue weighted by molar-refractivity contribution is 1.01. The van der Waals surface area contributed by atoms with Crippen molar-refractivity contribution < 1.29 is 0 Å². The van der Waals surface area contributed by atoms with Gasteiger partial charge in [-0.3, -0.25) is 0 Å². The van der Waals surface area contributed by atoms with Crippen molar-refractivity contribution in [3.05, 3.63) is 65.1 Å². The van der Waals surface area contributed by atoms with E-state index in [4.69, 9.17) is 11.6 Å². The predicted molar refractivity (Wildman–Crippen MR) is 104 cm³/mol. The summed E-state index contributed by atoms with van der Waals surface area (Å²) in [5, 5.41) is 13.3. The first-order chi connectivity index (χ1) is 12.2. The molecule has 0 unspecified atom stereocenters. The first kappa shape index (κ1) is 16.4. The van der Waals surface area contributed by atoms with Gasteiger partial charge in [-0.1, -0.05) is 52.9 Å². The molecule has 0 saturated heterocycles. The zero-order chi connectivity index (χ0) is 17.2. The Labute approximate surface area is 158 Å². The van der Waals surface area contributed by atoms with Gasteiger partial charge < -0.3 is 9.72 Å². The molecule has 0 spiro atoms. The summed E-state index contributed by atoms with van der Waals surface area (Å²) in [5.74, 6) is 0.734. The number of halogens is 1. The number of hydrogen-bond acceptors (Lipinski definition) is 6. The number of pyridine rings is 1. The molecule has 0 aliphatic carbocycles. The van der Waals surface area contributed by atoms with E-state index in [0.717, 1.165) is 32.3 Å². The first-order valence-corrected chi connectivity index (χ1v) is 9.77. The number of benzene rings is 1. The minimum atomic E-state index is 0.695. The summed E-state index contributed by atoms with van der Waals surface area (Å²) in [6.45, 7) is 2.06. The fraction of sp³-hybridized carbons (Fsp3) is 0.118. The van der Waals surface area contributed by atoms with Crippen molar-refractivity contribution in [3.8, 4) is 0 Å². The Morgan fingerprint density at radius 3 is 2.92 bits per heavy atom. The zero-order valence-electron chi connectivity index (χ0n) is 13.3. The second-order valence-electron chi connectivity index (χ2n) is 5.45. The quantitative estimate of drug-likeness (QED) is 0.478. The Hall–Kier alpha value is -2.09. The molecule has 0 aliphatic rings. The highest BCUT2D eigenvalue weighted by molar-refractivity contribution is 8.00. The van der Waals surface area contributed by atoms with Crippen molar-refractivity contribution in [2.24, 2.45) is 0 Å². The molecule has 126 valence electrons. The van der Waals surface area contributed by atoms with Crippen molar-refractivity contribution in [1.82, 2.24) is 19.6 Å². The van der Waals surface area contributed by atoms with E-state index in [1.807, 2.05) is 47.1 Å². The molecule has 1 aromatic carbocycles. The number of aromatic nitrogens is 4. The van der Waals surface area contributed by atoms with E-state index in [1.165, 1.54) is 16.9 Å². The Morgan fingerprint density at radius 1 is 1.16 bits per heavy atom. The number of fused-ring (bicyclic) bond motifs is 1. The summed E-state index contributed by atoms with van der Waals surface area (Å²) in [4.78, 5) is 4.58. The number of imidazole rings is 1. The van der Waals surface area contributed by atoms with Gasteiger partial charge in [-0.15, -0.1) is 10.2 Å². The summed E-state index contributed by atoms with van der Waals surface area (Å²) in [5.41, 5.74) is 4.10. The molecule has 25 heavy (non-hydrogen) atoms. The van der Waals surface area contributed by atoms with Crippen LogP contribution in [0.15, 0.2) is 53.1 Å². The van der Waals surface area contributed by atoms with Gasteiger partial charge in [0, 0.05) is 23.8 Å². The van der Waals surface area contributed by atoms with E-state index in [2.05, 4.69) is 33.5 Å². The molecule has 0 atom stereocenters. The maximum Gasteiger partial charge on any atom is 0.210 e. The number of hydrogen-bond donors (Lipinski definition) is 1. The molecule has 0 radical (unpaired) electrons. The van der Waals surface area contributed by atoms with Crippen LogP contribution in [0.3, 0.4) is 0 Å². The molecule has 0 saturated carbocycles. The monoisotopic (exact) mass is 387 g/mol. The van der Waals surface area contributed by atoms with Crippen LogP contribution in [-0.2, 0) is 5.75 Å². The standard InChI is InChI=1S/C17H14ClN5S2/c1-11-4-2-3-5-14(11)20-16-21-22-17(25-16)24-10-13-9-23-8-12(18)6-7-15(23)19-13/h2-9H,10H2,1H3,(H,20,21). The van der Waals surface area contributed by atoms with E-state index >= 15 is 0 Å². The molecular formula is C17H14ClN5S2. The fourth-order valence-electron chi connectivity index (χ4n) is 2.37. The third kappa shape index (κ3) is 3.78. The molecule has 0 amide bonds. The van der Waals surface area contributed by atoms with Crippen molar-refractivity contribution in [3.63, 3.8) is 0 Å². The largest absolute Gasteiger partial charge is 0.330 e. The van der Waals surface area contributed by atoms with Crippen LogP contribution < -0.4 is 5.32 Å². The minimum absolute atomic E-state index is 0.695. The van der Waals surface area contributed by atoms with Crippen molar-refractivity contribution in [2.45, 2.75) is 17.0 Å². The van der Waals surface area contributed by atoms with Gasteiger partial charge in [-0.25, -0.2) is 4.98 Å². The number of aryl methyl sites for hydroxylation is 1. The lowest BCUT2D eigenvalue weighted by atomic mass is 10.2. The third-order valence-corrected chi connectivity index (χ3v) is 5.83. The summed E-state index contributed by atoms with van der Waals surface area (Å²) < 4.78 is 2.84. The van der Waals surface area contributed by atoms with E-state index in [-0.39, 0.29) is 0 Å². The van der Waals surface area contributed by atoms with Crippen LogP contribution in [0.1, 0.15) is 11.3 Å². The molecule has 8 heteroatoms. The van der Waals surface area contributed by atoms with Crippen LogP contribution in [-0.4, -0.2) is 19.6 Å². The molecule has 0 fully saturated rings. The van der Waals surface area contributed by atoms with Crippen LogP contribution >= 0.6 is 34.7 Å². The molecule has 3 heterocycles. The van der Waals surface area contributed by atoms with Gasteiger partial charge in [0.05, 0.1) is 10.7 Å². The van der Waals surface area contributed by atoms with Gasteiger partial charge in [0.1, 0.15) is 5.65 Å². The highest BCUT2D eigenvalue weighted by atomic mass is 35.5. The summed E-state index contributed by atoms with van der Waals surface area (Å²) in [6, 6.07) is 11.9. The van der Waals surface area contributed by atoms with Gasteiger partial charge in [-0.05, 0) is 30.7 Å². The average molecular weight is 388 g/mol. The second-order valence-corrected chi connectivity index (χ2v) is 8.08. The van der Waals surface area contributed by atoms with Crippen LogP contribution in [0.5, 0.6) is 0 Å². The van der Waals surface area contributed by atoms with Crippen molar-refractivity contribution in [2.75, 3.05) is 5.32 Å². The maximum atomic E-state index is 6.00. The van der Waals surface area contributed by atoms with Crippen molar-refractivity contribution >= 4 is 51.2 Å². The Kier molecular flexibility index (Phi) is 4.61. The lowest BCUT2D eigenvalue weighted by Gasteiger charge is -2.04. The zero-order valence-corrected chi connectivity index (χ0v) is 15.7. The highest BCUT2D eigenvalue weighted by Crippen LogP contribution is 2.30. The number of thioether (sulfide) groups is 1. The number of anilines is 2. The maximum absolute atomic E-state index is 6.00. The summed E-state index contributed by atoms with van der Waals surface area (Å²) in [7, 11) is 0. The molecule has 4 aromatic rings. The summed E-state index contributed by atoms with van der Waals surface area (Å²) in [6.07, 6.45) is 3.84. The van der Waals surface area contributed by atoms with E-state index < -0.39 is 0 Å².